The van der Waals surface area contributed by atoms with Gasteiger partial charge in [-0.25, -0.2) is 4.79 Å². The highest BCUT2D eigenvalue weighted by atomic mass is 16.5. The van der Waals surface area contributed by atoms with E-state index in [4.69, 9.17) is 14.2 Å². The summed E-state index contributed by atoms with van der Waals surface area (Å²) in [7, 11) is 0. The molecule has 0 radical (unpaired) electrons. The molecule has 1 aliphatic carbocycles. The van der Waals surface area contributed by atoms with E-state index in [0.29, 0.717) is 31.8 Å². The molecule has 216 valence electrons. The lowest BCUT2D eigenvalue weighted by Gasteiger charge is -2.31. The first-order valence-electron chi connectivity index (χ1n) is 14.1. The molecule has 0 aromatic carbocycles. The molecule has 1 fully saturated rings. The smallest absolute Gasteiger partial charge is 0.329 e. The van der Waals surface area contributed by atoms with Crippen LogP contribution in [0.25, 0.3) is 0 Å². The zero-order valence-corrected chi connectivity index (χ0v) is 23.6. The van der Waals surface area contributed by atoms with Crippen LogP contribution in [0.15, 0.2) is 0 Å². The fourth-order valence-corrected chi connectivity index (χ4v) is 4.69. The largest absolute Gasteiger partial charge is 0.466 e. The van der Waals surface area contributed by atoms with Crippen molar-refractivity contribution in [3.63, 3.8) is 0 Å². The molecule has 1 amide bonds. The average Bonchev–Trinajstić information content (AvgIpc) is 2.86. The van der Waals surface area contributed by atoms with Gasteiger partial charge in [-0.15, -0.1) is 11.8 Å². The lowest BCUT2D eigenvalue weighted by molar-refractivity contribution is -0.155. The van der Waals surface area contributed by atoms with Gasteiger partial charge in [0.1, 0.15) is 12.0 Å². The van der Waals surface area contributed by atoms with Crippen molar-refractivity contribution in [2.75, 3.05) is 19.8 Å². The molecule has 0 aromatic rings. The van der Waals surface area contributed by atoms with E-state index in [2.05, 4.69) is 17.2 Å². The zero-order chi connectivity index (χ0) is 28.4. The van der Waals surface area contributed by atoms with Crippen molar-refractivity contribution < 1.29 is 38.5 Å². The zero-order valence-electron chi connectivity index (χ0n) is 23.6. The van der Waals surface area contributed by atoms with Crippen molar-refractivity contribution in [3.05, 3.63) is 0 Å². The highest BCUT2D eigenvalue weighted by molar-refractivity contribution is 5.99. The SMILES string of the molecule is CCOC(=O)CCCC#CCC(NC(=O)C(CCC(C)(O)CC1CCCCC1)C(=O)OCC)C(=O)OCC. The topological polar surface area (TPSA) is 128 Å². The number of ether oxygens (including phenoxy) is 3. The van der Waals surface area contributed by atoms with Gasteiger partial charge in [-0.05, 0) is 59.3 Å². The van der Waals surface area contributed by atoms with Gasteiger partial charge < -0.3 is 24.6 Å². The van der Waals surface area contributed by atoms with Crippen LogP contribution in [-0.4, -0.2) is 60.4 Å². The van der Waals surface area contributed by atoms with E-state index < -0.39 is 35.4 Å². The summed E-state index contributed by atoms with van der Waals surface area (Å²) in [5, 5.41) is 13.6. The van der Waals surface area contributed by atoms with E-state index >= 15 is 0 Å². The minimum absolute atomic E-state index is 0.00107. The second kappa shape index (κ2) is 18.6. The van der Waals surface area contributed by atoms with Gasteiger partial charge in [-0.2, -0.15) is 0 Å². The Kier molecular flexibility index (Phi) is 16.4. The minimum Gasteiger partial charge on any atom is -0.466 e. The van der Waals surface area contributed by atoms with Crippen molar-refractivity contribution in [2.24, 2.45) is 11.8 Å². The molecule has 3 unspecified atom stereocenters. The Bertz CT molecular complexity index is 807. The number of rotatable bonds is 16. The van der Waals surface area contributed by atoms with Gasteiger partial charge in [0, 0.05) is 19.3 Å². The van der Waals surface area contributed by atoms with E-state index in [1.807, 2.05) is 0 Å². The molecule has 1 saturated carbocycles. The Morgan fingerprint density at radius 1 is 0.947 bits per heavy atom. The van der Waals surface area contributed by atoms with Gasteiger partial charge in [-0.1, -0.05) is 32.1 Å². The molecule has 38 heavy (non-hydrogen) atoms. The van der Waals surface area contributed by atoms with Gasteiger partial charge in [0.2, 0.25) is 5.91 Å². The van der Waals surface area contributed by atoms with Crippen molar-refractivity contribution >= 4 is 23.8 Å². The number of hydrogen-bond acceptors (Lipinski definition) is 8. The third-order valence-electron chi connectivity index (χ3n) is 6.62. The first-order chi connectivity index (χ1) is 18.1. The van der Waals surface area contributed by atoms with Gasteiger partial charge in [-0.3, -0.25) is 14.4 Å². The van der Waals surface area contributed by atoms with Crippen molar-refractivity contribution in [3.8, 4) is 11.8 Å². The number of unbranched alkanes of at least 4 members (excludes halogenated alkanes) is 1. The monoisotopic (exact) mass is 537 g/mol. The second-order valence-corrected chi connectivity index (χ2v) is 10.1. The number of aliphatic hydroxyl groups is 1. The van der Waals surface area contributed by atoms with Crippen molar-refractivity contribution in [1.29, 1.82) is 0 Å². The van der Waals surface area contributed by atoms with Crippen molar-refractivity contribution in [2.45, 2.75) is 116 Å². The van der Waals surface area contributed by atoms with Crippen LogP contribution in [0.1, 0.15) is 105 Å². The molecule has 0 saturated heterocycles. The number of carbonyl (C=O) groups excluding carboxylic acids is 4. The summed E-state index contributed by atoms with van der Waals surface area (Å²) in [6.45, 7) is 7.38. The van der Waals surface area contributed by atoms with Crippen LogP contribution in [0.5, 0.6) is 0 Å². The van der Waals surface area contributed by atoms with Gasteiger partial charge in [0.25, 0.3) is 0 Å². The summed E-state index contributed by atoms with van der Waals surface area (Å²) in [6, 6.07) is -1.06. The summed E-state index contributed by atoms with van der Waals surface area (Å²) in [4.78, 5) is 49.7. The quantitative estimate of drug-likeness (QED) is 0.0999. The van der Waals surface area contributed by atoms with E-state index in [-0.39, 0.29) is 44.9 Å². The molecule has 0 aromatic heterocycles. The number of esters is 3. The number of carbonyl (C=O) groups is 4. The number of nitrogens with one attached hydrogen (secondary N) is 1. The molecule has 0 aliphatic heterocycles. The maximum Gasteiger partial charge on any atom is 0.329 e. The fraction of sp³-hybridized carbons (Fsp3) is 0.793. The first-order valence-corrected chi connectivity index (χ1v) is 14.1. The molecule has 0 spiro atoms. The van der Waals surface area contributed by atoms with Crippen LogP contribution >= 0.6 is 0 Å². The summed E-state index contributed by atoms with van der Waals surface area (Å²) in [6.07, 6.45) is 7.92. The van der Waals surface area contributed by atoms with E-state index in [0.717, 1.165) is 25.7 Å². The highest BCUT2D eigenvalue weighted by Crippen LogP contribution is 2.33. The standard InChI is InChI=1S/C29H47NO8/c1-5-36-25(31)18-14-9-8-13-17-24(28(34)38-7-3)30-26(32)23(27(33)37-6-2)19-20-29(4,35)21-22-15-11-10-12-16-22/h22-24,35H,5-7,9-12,14-21H2,1-4H3,(H,30,32). The van der Waals surface area contributed by atoms with E-state index in [1.54, 1.807) is 27.7 Å². The predicted molar refractivity (Wildman–Crippen MR) is 143 cm³/mol. The second-order valence-electron chi connectivity index (χ2n) is 10.1. The summed E-state index contributed by atoms with van der Waals surface area (Å²) in [5.41, 5.74) is -1.01. The lowest BCUT2D eigenvalue weighted by Crippen LogP contribution is -2.46. The van der Waals surface area contributed by atoms with Crippen molar-refractivity contribution in [1.82, 2.24) is 5.32 Å². The van der Waals surface area contributed by atoms with Gasteiger partial charge in [0.05, 0.1) is 25.4 Å². The summed E-state index contributed by atoms with van der Waals surface area (Å²) < 4.78 is 15.1. The molecular weight excluding hydrogens is 490 g/mol. The molecule has 3 atom stereocenters. The van der Waals surface area contributed by atoms with Gasteiger partial charge >= 0.3 is 17.9 Å². The van der Waals surface area contributed by atoms with Crippen LogP contribution < -0.4 is 5.32 Å². The first kappa shape index (κ1) is 33.4. The molecule has 2 N–H and O–H groups in total. The van der Waals surface area contributed by atoms with Crippen LogP contribution in [0.4, 0.5) is 0 Å². The molecule has 9 nitrogen and oxygen atoms in total. The van der Waals surface area contributed by atoms with Crippen LogP contribution in [0.2, 0.25) is 0 Å². The van der Waals surface area contributed by atoms with E-state index in [1.165, 1.54) is 6.42 Å². The minimum atomic E-state index is -1.16. The maximum atomic E-state index is 13.2. The Morgan fingerprint density at radius 3 is 2.21 bits per heavy atom. The average molecular weight is 538 g/mol. The Balaban J connectivity index is 2.80. The molecular formula is C29H47NO8. The third kappa shape index (κ3) is 13.8. The number of amides is 1. The molecule has 9 heteroatoms. The normalized spacial score (nSPS) is 16.7. The predicted octanol–water partition coefficient (Wildman–Crippen LogP) is 3.84. The molecule has 0 bridgehead atoms. The Hall–Kier alpha value is -2.60. The molecule has 0 heterocycles. The Morgan fingerprint density at radius 2 is 1.58 bits per heavy atom. The maximum absolute atomic E-state index is 13.2. The fourth-order valence-electron chi connectivity index (χ4n) is 4.69. The van der Waals surface area contributed by atoms with Crippen LogP contribution in [-0.2, 0) is 33.4 Å². The number of hydrogen-bond donors (Lipinski definition) is 2. The highest BCUT2D eigenvalue weighted by Gasteiger charge is 2.35. The molecule has 1 rings (SSSR count). The lowest BCUT2D eigenvalue weighted by atomic mass is 9.79. The Labute approximate surface area is 227 Å². The van der Waals surface area contributed by atoms with Gasteiger partial charge in [0.15, 0.2) is 0 Å². The van der Waals surface area contributed by atoms with Crippen LogP contribution in [0.3, 0.4) is 0 Å². The summed E-state index contributed by atoms with van der Waals surface area (Å²) >= 11 is 0. The summed E-state index contributed by atoms with van der Waals surface area (Å²) in [5.74, 6) is 2.76. The van der Waals surface area contributed by atoms with Crippen LogP contribution in [0, 0.1) is 23.7 Å². The third-order valence-corrected chi connectivity index (χ3v) is 6.62. The molecule has 1 aliphatic rings. The van der Waals surface area contributed by atoms with E-state index in [9.17, 15) is 24.3 Å².